The van der Waals surface area contributed by atoms with Gasteiger partial charge in [-0.1, -0.05) is 93.1 Å². The largest absolute Gasteiger partial charge is 0.449 e. The number of β-lactam (4-membered cyclic amide) rings is 2. The van der Waals surface area contributed by atoms with Crippen molar-refractivity contribution in [1.29, 1.82) is 0 Å². The van der Waals surface area contributed by atoms with Crippen molar-refractivity contribution in [1.82, 2.24) is 20.9 Å². The first-order valence-corrected chi connectivity index (χ1v) is 16.2. The number of amides is 4. The zero-order valence-electron chi connectivity index (χ0n) is 26.6. The van der Waals surface area contributed by atoms with Crippen LogP contribution in [0.1, 0.15) is 77.7 Å². The van der Waals surface area contributed by atoms with Crippen LogP contribution in [0.4, 0.5) is 9.59 Å². The van der Waals surface area contributed by atoms with Crippen molar-refractivity contribution in [2.75, 3.05) is 13.2 Å². The third-order valence-corrected chi connectivity index (χ3v) is 9.38. The van der Waals surface area contributed by atoms with Gasteiger partial charge in [0.25, 0.3) is 0 Å². The Balaban J connectivity index is 1.14. The standard InChI is InChI=1S/C35H46N4O6/c1-34(2)29(31(41)37-34)39(33(43)44-21-11-10-14-24-12-6-4-7-13-24)23-35(3)28(30(40)38-35)36-32(42)45-22-25-17-19-27(20-18-25)26-15-8-5-9-16-26/h5,8-9,15-20,24,28-29H,4,6-7,10-14,21-23H2,1-3H3,(H,36,42)(H,37,41)(H,38,40)/t28-,29-,35-/m1/s1. The molecule has 3 atom stereocenters. The first-order chi connectivity index (χ1) is 21.6. The normalized spacial score (nSPS) is 23.9. The van der Waals surface area contributed by atoms with E-state index in [0.29, 0.717) is 0 Å². The lowest BCUT2D eigenvalue weighted by Crippen LogP contribution is -2.83. The van der Waals surface area contributed by atoms with E-state index in [9.17, 15) is 19.2 Å². The second-order valence-corrected chi connectivity index (χ2v) is 13.5. The summed E-state index contributed by atoms with van der Waals surface area (Å²) in [4.78, 5) is 52.8. The Kier molecular flexibility index (Phi) is 9.99. The van der Waals surface area contributed by atoms with Crippen LogP contribution in [-0.4, -0.2) is 65.2 Å². The van der Waals surface area contributed by atoms with Gasteiger partial charge in [-0.2, -0.15) is 0 Å². The summed E-state index contributed by atoms with van der Waals surface area (Å²) in [6.07, 6.45) is 8.05. The van der Waals surface area contributed by atoms with Crippen LogP contribution in [0.15, 0.2) is 54.6 Å². The molecule has 0 aromatic heterocycles. The van der Waals surface area contributed by atoms with Crippen LogP contribution in [0.25, 0.3) is 11.1 Å². The van der Waals surface area contributed by atoms with Crippen molar-refractivity contribution in [3.63, 3.8) is 0 Å². The summed E-state index contributed by atoms with van der Waals surface area (Å²) < 4.78 is 11.1. The number of carbonyl (C=O) groups excluding carboxylic acids is 4. The van der Waals surface area contributed by atoms with E-state index in [1.165, 1.54) is 37.0 Å². The lowest BCUT2D eigenvalue weighted by atomic mass is 9.79. The van der Waals surface area contributed by atoms with Crippen LogP contribution in [0.5, 0.6) is 0 Å². The highest BCUT2D eigenvalue weighted by molar-refractivity contribution is 5.95. The SMILES string of the molecule is CC1(C)NC(=O)[C@H]1N(C[C@@]1(C)NC(=O)[C@H]1NC(=O)OCc1ccc(-c2ccccc2)cc1)C(=O)OCCCCC1CCCCC1. The van der Waals surface area contributed by atoms with Crippen LogP contribution < -0.4 is 16.0 Å². The average molecular weight is 619 g/mol. The maximum Gasteiger partial charge on any atom is 0.410 e. The number of alkyl carbamates (subject to hydrolysis) is 1. The van der Waals surface area contributed by atoms with Crippen molar-refractivity contribution in [2.24, 2.45) is 5.92 Å². The van der Waals surface area contributed by atoms with Crippen LogP contribution in [0.2, 0.25) is 0 Å². The topological polar surface area (TPSA) is 126 Å². The number of carbonyl (C=O) groups is 4. The molecule has 0 bridgehead atoms. The molecule has 0 spiro atoms. The van der Waals surface area contributed by atoms with Crippen molar-refractivity contribution < 1.29 is 28.7 Å². The minimum Gasteiger partial charge on any atom is -0.449 e. The summed E-state index contributed by atoms with van der Waals surface area (Å²) >= 11 is 0. The Hall–Kier alpha value is -4.08. The first-order valence-electron chi connectivity index (χ1n) is 16.2. The molecule has 10 heteroatoms. The van der Waals surface area contributed by atoms with Gasteiger partial charge in [0, 0.05) is 0 Å². The summed E-state index contributed by atoms with van der Waals surface area (Å²) in [6, 6.07) is 15.9. The van der Waals surface area contributed by atoms with Gasteiger partial charge in [0.2, 0.25) is 11.8 Å². The molecule has 2 aliphatic heterocycles. The zero-order chi connectivity index (χ0) is 32.0. The Morgan fingerprint density at radius 3 is 2.20 bits per heavy atom. The van der Waals surface area contributed by atoms with Crippen molar-refractivity contribution >= 4 is 24.0 Å². The molecule has 2 saturated heterocycles. The summed E-state index contributed by atoms with van der Waals surface area (Å²) in [5.41, 5.74) is 1.25. The molecular formula is C35H46N4O6. The summed E-state index contributed by atoms with van der Waals surface area (Å²) in [5.74, 6) is 0.0876. The molecule has 3 N–H and O–H groups in total. The van der Waals surface area contributed by atoms with Crippen molar-refractivity contribution in [2.45, 2.75) is 102 Å². The molecule has 3 aliphatic rings. The Morgan fingerprint density at radius 1 is 0.867 bits per heavy atom. The molecule has 10 nitrogen and oxygen atoms in total. The molecule has 2 aromatic carbocycles. The molecule has 1 aliphatic carbocycles. The van der Waals surface area contributed by atoms with E-state index in [-0.39, 0.29) is 25.7 Å². The number of nitrogens with one attached hydrogen (secondary N) is 3. The molecule has 1 saturated carbocycles. The second kappa shape index (κ2) is 13.9. The van der Waals surface area contributed by atoms with Gasteiger partial charge in [-0.15, -0.1) is 0 Å². The van der Waals surface area contributed by atoms with Gasteiger partial charge in [-0.3, -0.25) is 14.5 Å². The van der Waals surface area contributed by atoms with E-state index < -0.39 is 41.3 Å². The molecule has 0 radical (unpaired) electrons. The Morgan fingerprint density at radius 2 is 1.56 bits per heavy atom. The fourth-order valence-electron chi connectivity index (χ4n) is 6.83. The number of ether oxygens (including phenoxy) is 2. The summed E-state index contributed by atoms with van der Waals surface area (Å²) in [6.45, 7) is 5.68. The Bertz CT molecular complexity index is 1360. The molecule has 2 heterocycles. The predicted octanol–water partition coefficient (Wildman–Crippen LogP) is 5.30. The third-order valence-electron chi connectivity index (χ3n) is 9.38. The van der Waals surface area contributed by atoms with E-state index in [2.05, 4.69) is 16.0 Å². The van der Waals surface area contributed by atoms with E-state index in [4.69, 9.17) is 9.47 Å². The highest BCUT2D eigenvalue weighted by atomic mass is 16.6. The lowest BCUT2D eigenvalue weighted by Gasteiger charge is -2.54. The molecular weight excluding hydrogens is 572 g/mol. The van der Waals surface area contributed by atoms with Crippen LogP contribution in [-0.2, 0) is 25.7 Å². The number of hydrogen-bond donors (Lipinski definition) is 3. The predicted molar refractivity (Wildman–Crippen MR) is 170 cm³/mol. The summed E-state index contributed by atoms with van der Waals surface area (Å²) in [5, 5.41) is 8.31. The number of hydrogen-bond acceptors (Lipinski definition) is 6. The van der Waals surface area contributed by atoms with E-state index in [1.807, 2.05) is 68.4 Å². The highest BCUT2D eigenvalue weighted by Gasteiger charge is 2.58. The Labute approximate surface area is 265 Å². The maximum absolute atomic E-state index is 13.4. The van der Waals surface area contributed by atoms with Gasteiger partial charge in [-0.05, 0) is 56.2 Å². The van der Waals surface area contributed by atoms with Gasteiger partial charge in [0.15, 0.2) is 0 Å². The molecule has 4 amide bonds. The second-order valence-electron chi connectivity index (χ2n) is 13.5. The number of nitrogens with zero attached hydrogens (tertiary/aromatic N) is 1. The van der Waals surface area contributed by atoms with Crippen LogP contribution in [0, 0.1) is 5.92 Å². The maximum atomic E-state index is 13.4. The van der Waals surface area contributed by atoms with Crippen LogP contribution >= 0.6 is 0 Å². The smallest absolute Gasteiger partial charge is 0.410 e. The molecule has 2 aromatic rings. The van der Waals surface area contributed by atoms with Gasteiger partial charge in [0.05, 0.1) is 24.2 Å². The first kappa shape index (κ1) is 32.3. The number of rotatable bonds is 12. The van der Waals surface area contributed by atoms with Gasteiger partial charge in [-0.25, -0.2) is 9.59 Å². The molecule has 5 rings (SSSR count). The third kappa shape index (κ3) is 7.78. The molecule has 3 fully saturated rings. The lowest BCUT2D eigenvalue weighted by molar-refractivity contribution is -0.145. The fraction of sp³-hybridized carbons (Fsp3) is 0.543. The van der Waals surface area contributed by atoms with E-state index in [1.54, 1.807) is 6.92 Å². The van der Waals surface area contributed by atoms with Gasteiger partial charge in [0.1, 0.15) is 18.7 Å². The molecule has 45 heavy (non-hydrogen) atoms. The zero-order valence-corrected chi connectivity index (χ0v) is 26.6. The fourth-order valence-corrected chi connectivity index (χ4v) is 6.83. The van der Waals surface area contributed by atoms with E-state index in [0.717, 1.165) is 41.9 Å². The average Bonchev–Trinajstić information content (AvgIpc) is 3.03. The minimum atomic E-state index is -1.03. The van der Waals surface area contributed by atoms with Crippen molar-refractivity contribution in [3.05, 3.63) is 60.2 Å². The highest BCUT2D eigenvalue weighted by Crippen LogP contribution is 2.31. The van der Waals surface area contributed by atoms with Gasteiger partial charge < -0.3 is 25.4 Å². The monoisotopic (exact) mass is 618 g/mol. The quantitative estimate of drug-likeness (QED) is 0.219. The van der Waals surface area contributed by atoms with Gasteiger partial charge >= 0.3 is 12.2 Å². The minimum absolute atomic E-state index is 0.0208. The molecule has 242 valence electrons. The molecule has 0 unspecified atom stereocenters. The summed E-state index contributed by atoms with van der Waals surface area (Å²) in [7, 11) is 0. The van der Waals surface area contributed by atoms with E-state index >= 15 is 0 Å². The van der Waals surface area contributed by atoms with Crippen LogP contribution in [0.3, 0.4) is 0 Å². The number of benzene rings is 2. The number of unbranched alkanes of at least 4 members (excludes halogenated alkanes) is 1. The van der Waals surface area contributed by atoms with Crippen molar-refractivity contribution in [3.8, 4) is 11.1 Å².